The topological polar surface area (TPSA) is 69.2 Å². The van der Waals surface area contributed by atoms with Crippen molar-refractivity contribution in [2.45, 2.75) is 6.92 Å². The lowest BCUT2D eigenvalue weighted by Crippen LogP contribution is -2.33. The highest BCUT2D eigenvalue weighted by atomic mass is 16.3. The monoisotopic (exact) mass is 233 g/mol. The van der Waals surface area contributed by atoms with Crippen molar-refractivity contribution in [1.82, 2.24) is 14.9 Å². The van der Waals surface area contributed by atoms with Crippen LogP contribution in [-0.2, 0) is 0 Å². The molecule has 1 amide bonds. The lowest BCUT2D eigenvalue weighted by atomic mass is 10.3. The first-order chi connectivity index (χ1) is 8.26. The first kappa shape index (κ1) is 11.6. The molecule has 0 aliphatic heterocycles. The highest BCUT2D eigenvalue weighted by Gasteiger charge is 2.15. The molecule has 5 heteroatoms. The Morgan fingerprint density at radius 3 is 3.06 bits per heavy atom. The zero-order chi connectivity index (χ0) is 12.3. The molecular formula is C12H15N3O2. The minimum atomic E-state index is -0.112. The minimum absolute atomic E-state index is 0.0297. The quantitative estimate of drug-likeness (QED) is 0.828. The summed E-state index contributed by atoms with van der Waals surface area (Å²) < 4.78 is 0. The molecule has 2 N–H and O–H groups in total. The largest absolute Gasteiger partial charge is 0.395 e. The molecule has 0 unspecified atom stereocenters. The van der Waals surface area contributed by atoms with Gasteiger partial charge in [0.25, 0.3) is 5.91 Å². The number of H-pyrrole nitrogens is 1. The van der Waals surface area contributed by atoms with Crippen molar-refractivity contribution in [1.29, 1.82) is 0 Å². The summed E-state index contributed by atoms with van der Waals surface area (Å²) in [7, 11) is 0. The van der Waals surface area contributed by atoms with Gasteiger partial charge in [-0.05, 0) is 25.1 Å². The molecule has 17 heavy (non-hydrogen) atoms. The van der Waals surface area contributed by atoms with Crippen molar-refractivity contribution in [2.24, 2.45) is 0 Å². The van der Waals surface area contributed by atoms with Crippen LogP contribution in [0, 0.1) is 0 Å². The summed E-state index contributed by atoms with van der Waals surface area (Å²) in [5, 5.41) is 8.89. The van der Waals surface area contributed by atoms with E-state index in [-0.39, 0.29) is 12.5 Å². The van der Waals surface area contributed by atoms with Crippen molar-refractivity contribution in [3.05, 3.63) is 30.1 Å². The van der Waals surface area contributed by atoms with Gasteiger partial charge in [0, 0.05) is 19.3 Å². The molecule has 0 radical (unpaired) electrons. The maximum absolute atomic E-state index is 12.1. The number of hydrogen-bond donors (Lipinski definition) is 2. The van der Waals surface area contributed by atoms with E-state index >= 15 is 0 Å². The van der Waals surface area contributed by atoms with Crippen LogP contribution in [0.5, 0.6) is 0 Å². The number of aliphatic hydroxyl groups is 1. The van der Waals surface area contributed by atoms with Gasteiger partial charge in [-0.15, -0.1) is 0 Å². The average molecular weight is 233 g/mol. The normalized spacial score (nSPS) is 10.7. The van der Waals surface area contributed by atoms with Crippen molar-refractivity contribution >= 4 is 16.9 Å². The number of pyridine rings is 1. The molecule has 0 aliphatic carbocycles. The number of carbonyl (C=O) groups excluding carboxylic acids is 1. The number of aromatic nitrogens is 2. The Balaban J connectivity index is 2.29. The summed E-state index contributed by atoms with van der Waals surface area (Å²) in [6, 6.07) is 5.43. The maximum Gasteiger partial charge on any atom is 0.270 e. The third-order valence-corrected chi connectivity index (χ3v) is 2.66. The van der Waals surface area contributed by atoms with E-state index in [1.54, 1.807) is 17.2 Å². The molecule has 2 aromatic rings. The van der Waals surface area contributed by atoms with E-state index in [4.69, 9.17) is 5.11 Å². The fourth-order valence-electron chi connectivity index (χ4n) is 1.77. The molecule has 90 valence electrons. The van der Waals surface area contributed by atoms with Crippen LogP contribution in [0.25, 0.3) is 11.0 Å². The number of fused-ring (bicyclic) bond motifs is 1. The number of aliphatic hydroxyl groups excluding tert-OH is 1. The standard InChI is InChI=1S/C12H15N3O2/c1-2-15(6-7-16)12(17)11-8-10-9(14-11)4-3-5-13-10/h3-5,8,14,16H,2,6-7H2,1H3. The minimum Gasteiger partial charge on any atom is -0.395 e. The highest BCUT2D eigenvalue weighted by molar-refractivity contribution is 5.97. The van der Waals surface area contributed by atoms with E-state index in [0.29, 0.717) is 18.8 Å². The van der Waals surface area contributed by atoms with E-state index in [0.717, 1.165) is 11.0 Å². The summed E-state index contributed by atoms with van der Waals surface area (Å²) in [5.41, 5.74) is 2.13. The molecule has 0 atom stereocenters. The number of aromatic amines is 1. The zero-order valence-corrected chi connectivity index (χ0v) is 9.68. The van der Waals surface area contributed by atoms with Crippen LogP contribution in [0.4, 0.5) is 0 Å². The van der Waals surface area contributed by atoms with Crippen LogP contribution in [0.1, 0.15) is 17.4 Å². The second-order valence-electron chi connectivity index (χ2n) is 3.73. The Hall–Kier alpha value is -1.88. The van der Waals surface area contributed by atoms with E-state index in [1.807, 2.05) is 19.1 Å². The molecular weight excluding hydrogens is 218 g/mol. The number of amides is 1. The Morgan fingerprint density at radius 1 is 1.59 bits per heavy atom. The van der Waals surface area contributed by atoms with Crippen LogP contribution < -0.4 is 0 Å². The molecule has 2 rings (SSSR count). The van der Waals surface area contributed by atoms with E-state index < -0.39 is 0 Å². The van der Waals surface area contributed by atoms with Crippen LogP contribution in [0.3, 0.4) is 0 Å². The van der Waals surface area contributed by atoms with Gasteiger partial charge in [-0.2, -0.15) is 0 Å². The van der Waals surface area contributed by atoms with Gasteiger partial charge in [0.15, 0.2) is 0 Å². The molecule has 0 aromatic carbocycles. The molecule has 0 saturated carbocycles. The number of likely N-dealkylation sites (N-methyl/N-ethyl adjacent to an activating group) is 1. The predicted octanol–water partition coefficient (Wildman–Crippen LogP) is 1.02. The molecule has 0 bridgehead atoms. The van der Waals surface area contributed by atoms with Crippen molar-refractivity contribution in [2.75, 3.05) is 19.7 Å². The van der Waals surface area contributed by atoms with E-state index in [9.17, 15) is 4.79 Å². The molecule has 0 aliphatic rings. The lowest BCUT2D eigenvalue weighted by Gasteiger charge is -2.18. The molecule has 2 heterocycles. The lowest BCUT2D eigenvalue weighted by molar-refractivity contribution is 0.0727. The fraction of sp³-hybridized carbons (Fsp3) is 0.333. The van der Waals surface area contributed by atoms with Crippen molar-refractivity contribution < 1.29 is 9.90 Å². The summed E-state index contributed by atoms with van der Waals surface area (Å²) in [6.45, 7) is 2.77. The Bertz CT molecular complexity index is 488. The van der Waals surface area contributed by atoms with Crippen LogP contribution in [-0.4, -0.2) is 45.6 Å². The van der Waals surface area contributed by atoms with Crippen LogP contribution in [0.15, 0.2) is 24.4 Å². The average Bonchev–Trinajstić information content (AvgIpc) is 2.78. The van der Waals surface area contributed by atoms with Gasteiger partial charge in [-0.25, -0.2) is 0 Å². The van der Waals surface area contributed by atoms with Gasteiger partial charge < -0.3 is 15.0 Å². The second-order valence-corrected chi connectivity index (χ2v) is 3.73. The summed E-state index contributed by atoms with van der Waals surface area (Å²) in [6.07, 6.45) is 1.69. The molecule has 0 saturated heterocycles. The zero-order valence-electron chi connectivity index (χ0n) is 9.68. The fourth-order valence-corrected chi connectivity index (χ4v) is 1.77. The first-order valence-electron chi connectivity index (χ1n) is 5.60. The van der Waals surface area contributed by atoms with Crippen LogP contribution in [0.2, 0.25) is 0 Å². The maximum atomic E-state index is 12.1. The first-order valence-corrected chi connectivity index (χ1v) is 5.60. The number of rotatable bonds is 4. The van der Waals surface area contributed by atoms with Crippen molar-refractivity contribution in [3.63, 3.8) is 0 Å². The van der Waals surface area contributed by atoms with Crippen molar-refractivity contribution in [3.8, 4) is 0 Å². The summed E-state index contributed by atoms with van der Waals surface area (Å²) in [4.78, 5) is 20.9. The Labute approximate surface area is 99.1 Å². The van der Waals surface area contributed by atoms with Gasteiger partial charge in [0.05, 0.1) is 17.6 Å². The number of carbonyl (C=O) groups is 1. The summed E-state index contributed by atoms with van der Waals surface area (Å²) in [5.74, 6) is -0.112. The molecule has 0 fully saturated rings. The number of nitrogens with one attached hydrogen (secondary N) is 1. The predicted molar refractivity (Wildman–Crippen MR) is 64.8 cm³/mol. The van der Waals surface area contributed by atoms with Gasteiger partial charge >= 0.3 is 0 Å². The van der Waals surface area contributed by atoms with E-state index in [2.05, 4.69) is 9.97 Å². The third-order valence-electron chi connectivity index (χ3n) is 2.66. The van der Waals surface area contributed by atoms with Crippen LogP contribution >= 0.6 is 0 Å². The molecule has 0 spiro atoms. The number of hydrogen-bond acceptors (Lipinski definition) is 3. The van der Waals surface area contributed by atoms with E-state index in [1.165, 1.54) is 0 Å². The smallest absolute Gasteiger partial charge is 0.270 e. The van der Waals surface area contributed by atoms with Gasteiger partial charge in [0.2, 0.25) is 0 Å². The Kier molecular flexibility index (Phi) is 3.39. The molecule has 5 nitrogen and oxygen atoms in total. The summed E-state index contributed by atoms with van der Waals surface area (Å²) >= 11 is 0. The number of nitrogens with zero attached hydrogens (tertiary/aromatic N) is 2. The van der Waals surface area contributed by atoms with Gasteiger partial charge in [-0.3, -0.25) is 9.78 Å². The SMILES string of the molecule is CCN(CCO)C(=O)c1cc2ncccc2[nH]1. The Morgan fingerprint density at radius 2 is 2.41 bits per heavy atom. The van der Waals surface area contributed by atoms with Gasteiger partial charge in [0.1, 0.15) is 5.69 Å². The third kappa shape index (κ3) is 2.29. The highest BCUT2D eigenvalue weighted by Crippen LogP contribution is 2.13. The second kappa shape index (κ2) is 4.97. The van der Waals surface area contributed by atoms with Gasteiger partial charge in [-0.1, -0.05) is 0 Å². The molecule has 2 aromatic heterocycles.